The number of nitrogens with zero attached hydrogens (tertiary/aromatic N) is 3. The lowest BCUT2D eigenvalue weighted by atomic mass is 9.48. The van der Waals surface area contributed by atoms with Crippen molar-refractivity contribution in [3.8, 4) is 0 Å². The number of hydrogen-bond donors (Lipinski definition) is 0. The monoisotopic (exact) mass is 881 g/mol. The van der Waals surface area contributed by atoms with Gasteiger partial charge >= 0.3 is 0 Å². The van der Waals surface area contributed by atoms with Gasteiger partial charge in [-0.1, -0.05) is 174 Å². The van der Waals surface area contributed by atoms with Crippen molar-refractivity contribution < 1.29 is 0 Å². The first kappa shape index (κ1) is 38.7. The molecule has 0 saturated heterocycles. The van der Waals surface area contributed by atoms with E-state index < -0.39 is 10.8 Å². The summed E-state index contributed by atoms with van der Waals surface area (Å²) in [6, 6.07) is 81.4. The van der Waals surface area contributed by atoms with Crippen LogP contribution in [-0.4, -0.2) is 4.40 Å². The average molecular weight is 882 g/mol. The summed E-state index contributed by atoms with van der Waals surface area (Å²) in [7, 11) is 0. The van der Waals surface area contributed by atoms with E-state index in [4.69, 9.17) is 0 Å². The maximum absolute atomic E-state index is 2.59. The van der Waals surface area contributed by atoms with Gasteiger partial charge in [0.05, 0.1) is 50.1 Å². The van der Waals surface area contributed by atoms with Crippen LogP contribution >= 0.6 is 0 Å². The van der Waals surface area contributed by atoms with Crippen LogP contribution < -0.4 is 9.80 Å². The third-order valence-electron chi connectivity index (χ3n) is 16.1. The molecule has 4 heterocycles. The summed E-state index contributed by atoms with van der Waals surface area (Å²) in [5.41, 5.74) is 25.0. The van der Waals surface area contributed by atoms with Crippen LogP contribution in [-0.2, 0) is 10.8 Å². The van der Waals surface area contributed by atoms with Crippen molar-refractivity contribution in [1.29, 1.82) is 0 Å². The topological polar surface area (TPSA) is 10.9 Å². The van der Waals surface area contributed by atoms with Crippen molar-refractivity contribution in [2.45, 2.75) is 38.5 Å². The van der Waals surface area contributed by atoms with Gasteiger partial charge in [0.1, 0.15) is 0 Å². The van der Waals surface area contributed by atoms with Crippen molar-refractivity contribution >= 4 is 72.2 Å². The van der Waals surface area contributed by atoms with Crippen LogP contribution in [0, 0.1) is 27.7 Å². The zero-order valence-corrected chi connectivity index (χ0v) is 39.0. The highest BCUT2D eigenvalue weighted by molar-refractivity contribution is 6.24. The standard InChI is InChI=1S/C66H47N3/c1-40-26-30-60-54(34-40)65(55-35-41(2)27-31-61(55)67(60)44-16-6-5-7-17-44)50-20-10-12-22-52(50)66(53-23-13-11-21-51(53)65)56-36-42(3)28-32-62(56)68(63-33-29-43(4)37-57(63)66)45-38-48-46-18-8-14-24-58(46)69-59-25-15-9-19-47(59)49(39-45)64(48)69/h5-39H,1-4H3. The van der Waals surface area contributed by atoms with Crippen LogP contribution in [0.3, 0.4) is 0 Å². The SMILES string of the molecule is Cc1ccc2c(c1)C1(c3cc(C)ccc3N2c2ccccc2)c2ccccc2C2(c3cc(C)ccc3N(c3cc4c5ccccc5n5c6ccccc6c(c3)c45)c3ccc(C)cc32)c2ccccc21. The van der Waals surface area contributed by atoms with E-state index in [1.165, 1.54) is 128 Å². The molecule has 0 N–H and O–H groups in total. The molecule has 2 aliphatic heterocycles. The number of para-hydroxylation sites is 3. The second-order valence-corrected chi connectivity index (χ2v) is 19.9. The fourth-order valence-corrected chi connectivity index (χ4v) is 13.6. The molecule has 0 atom stereocenters. The number of hydrogen-bond acceptors (Lipinski definition) is 2. The van der Waals surface area contributed by atoms with Crippen molar-refractivity contribution in [3.63, 3.8) is 0 Å². The number of aromatic nitrogens is 1. The zero-order chi connectivity index (χ0) is 45.9. The minimum Gasteiger partial charge on any atom is -0.310 e. The minimum atomic E-state index is -0.675. The van der Waals surface area contributed by atoms with E-state index in [1.54, 1.807) is 0 Å². The van der Waals surface area contributed by atoms with Gasteiger partial charge in [0.2, 0.25) is 0 Å². The summed E-state index contributed by atoms with van der Waals surface area (Å²) in [5, 5.41) is 5.10. The summed E-state index contributed by atoms with van der Waals surface area (Å²) < 4.78 is 2.48. The molecule has 0 fully saturated rings. The Bertz CT molecular complexity index is 3910. The molecule has 3 nitrogen and oxygen atoms in total. The molecule has 12 aromatic rings. The molecule has 3 aliphatic rings. The number of rotatable bonds is 2. The van der Waals surface area contributed by atoms with Crippen molar-refractivity contribution in [2.24, 2.45) is 0 Å². The number of aryl methyl sites for hydroxylation is 4. The second kappa shape index (κ2) is 13.6. The first-order valence-electron chi connectivity index (χ1n) is 24.3. The third-order valence-corrected chi connectivity index (χ3v) is 16.1. The second-order valence-electron chi connectivity index (χ2n) is 19.9. The predicted octanol–water partition coefficient (Wildman–Crippen LogP) is 16.7. The molecule has 1 aliphatic carbocycles. The fraction of sp³-hybridized carbons (Fsp3) is 0.0909. The lowest BCUT2D eigenvalue weighted by Crippen LogP contribution is -2.49. The molecule has 0 saturated carbocycles. The molecule has 2 spiro atoms. The maximum Gasteiger partial charge on any atom is 0.0748 e. The highest BCUT2D eigenvalue weighted by Gasteiger charge is 2.59. The van der Waals surface area contributed by atoms with Crippen molar-refractivity contribution in [3.05, 3.63) is 279 Å². The number of fused-ring (bicyclic) bond motifs is 20. The van der Waals surface area contributed by atoms with Crippen LogP contribution in [0.15, 0.2) is 212 Å². The zero-order valence-electron chi connectivity index (χ0n) is 39.0. The molecule has 0 radical (unpaired) electrons. The van der Waals surface area contributed by atoms with E-state index in [9.17, 15) is 0 Å². The Labute approximate surface area is 402 Å². The van der Waals surface area contributed by atoms with Gasteiger partial charge in [-0.05, 0) is 133 Å². The Morgan fingerprint density at radius 2 is 0.609 bits per heavy atom. The van der Waals surface area contributed by atoms with E-state index in [0.29, 0.717) is 0 Å². The molecular formula is C66H47N3. The Morgan fingerprint density at radius 1 is 0.275 bits per heavy atom. The quantitative estimate of drug-likeness (QED) is 0.171. The molecule has 69 heavy (non-hydrogen) atoms. The lowest BCUT2D eigenvalue weighted by Gasteiger charge is -2.56. The Kier molecular flexibility index (Phi) is 7.63. The molecule has 2 aromatic heterocycles. The Morgan fingerprint density at radius 3 is 1.00 bits per heavy atom. The van der Waals surface area contributed by atoms with Crippen molar-refractivity contribution in [1.82, 2.24) is 4.40 Å². The van der Waals surface area contributed by atoms with Gasteiger partial charge in [-0.3, -0.25) is 0 Å². The average Bonchev–Trinajstić information content (AvgIpc) is 3.90. The summed E-state index contributed by atoms with van der Waals surface area (Å²) in [5.74, 6) is 0. The first-order valence-corrected chi connectivity index (χ1v) is 24.3. The first-order chi connectivity index (χ1) is 33.9. The van der Waals surface area contributed by atoms with E-state index in [1.807, 2.05) is 0 Å². The molecule has 0 bridgehead atoms. The molecule has 326 valence electrons. The van der Waals surface area contributed by atoms with Crippen LogP contribution in [0.25, 0.3) is 38.1 Å². The van der Waals surface area contributed by atoms with Gasteiger partial charge in [0, 0.05) is 32.9 Å². The number of anilines is 6. The summed E-state index contributed by atoms with van der Waals surface area (Å²) in [4.78, 5) is 5.08. The highest BCUT2D eigenvalue weighted by Crippen LogP contribution is 2.68. The molecule has 3 heteroatoms. The molecule has 10 aromatic carbocycles. The van der Waals surface area contributed by atoms with Crippen LogP contribution in [0.1, 0.15) is 66.8 Å². The van der Waals surface area contributed by atoms with E-state index >= 15 is 0 Å². The Hall–Kier alpha value is -8.40. The van der Waals surface area contributed by atoms with Crippen LogP contribution in [0.2, 0.25) is 0 Å². The van der Waals surface area contributed by atoms with Gasteiger partial charge in [-0.2, -0.15) is 0 Å². The smallest absolute Gasteiger partial charge is 0.0748 e. The Balaban J connectivity index is 1.08. The van der Waals surface area contributed by atoms with Crippen LogP contribution in [0.4, 0.5) is 34.1 Å². The van der Waals surface area contributed by atoms with Crippen molar-refractivity contribution in [2.75, 3.05) is 9.80 Å². The van der Waals surface area contributed by atoms with Gasteiger partial charge < -0.3 is 14.2 Å². The summed E-state index contributed by atoms with van der Waals surface area (Å²) >= 11 is 0. The fourth-order valence-electron chi connectivity index (χ4n) is 13.6. The van der Waals surface area contributed by atoms with Gasteiger partial charge in [-0.25, -0.2) is 0 Å². The molecule has 15 rings (SSSR count). The molecule has 0 amide bonds. The maximum atomic E-state index is 2.59. The molecular weight excluding hydrogens is 835 g/mol. The number of benzene rings is 10. The molecule has 0 unspecified atom stereocenters. The van der Waals surface area contributed by atoms with E-state index in [-0.39, 0.29) is 0 Å². The minimum absolute atomic E-state index is 0.645. The normalized spacial score (nSPS) is 14.8. The summed E-state index contributed by atoms with van der Waals surface area (Å²) in [6.45, 7) is 9.04. The third kappa shape index (κ3) is 4.77. The largest absolute Gasteiger partial charge is 0.310 e. The summed E-state index contributed by atoms with van der Waals surface area (Å²) in [6.07, 6.45) is 0. The van der Waals surface area contributed by atoms with Gasteiger partial charge in [-0.15, -0.1) is 0 Å². The van der Waals surface area contributed by atoms with Gasteiger partial charge in [0.25, 0.3) is 0 Å². The van der Waals surface area contributed by atoms with E-state index in [2.05, 4.69) is 254 Å². The van der Waals surface area contributed by atoms with E-state index in [0.717, 1.165) is 11.4 Å². The van der Waals surface area contributed by atoms with Crippen LogP contribution in [0.5, 0.6) is 0 Å². The lowest BCUT2D eigenvalue weighted by molar-refractivity contribution is 0.606. The van der Waals surface area contributed by atoms with Gasteiger partial charge in [0.15, 0.2) is 0 Å². The predicted molar refractivity (Wildman–Crippen MR) is 287 cm³/mol. The highest BCUT2D eigenvalue weighted by atomic mass is 15.2.